The predicted octanol–water partition coefficient (Wildman–Crippen LogP) is 3.80. The van der Waals surface area contributed by atoms with Gasteiger partial charge in [-0.3, -0.25) is 4.98 Å². The molecule has 0 aliphatic rings. The molecular weight excluding hydrogens is 252 g/mol. The van der Waals surface area contributed by atoms with Gasteiger partial charge in [0.25, 0.3) is 0 Å². The molecule has 0 radical (unpaired) electrons. The normalized spacial score (nSPS) is 10.4. The molecule has 1 aromatic carbocycles. The zero-order valence-corrected chi connectivity index (χ0v) is 11.1. The van der Waals surface area contributed by atoms with Crippen molar-refractivity contribution in [2.24, 2.45) is 0 Å². The van der Waals surface area contributed by atoms with Gasteiger partial charge in [-0.25, -0.2) is 0 Å². The molecule has 3 aromatic rings. The number of benzene rings is 1. The van der Waals surface area contributed by atoms with Crippen LogP contribution in [0.2, 0.25) is 0 Å². The van der Waals surface area contributed by atoms with Crippen molar-refractivity contribution in [1.29, 1.82) is 0 Å². The molecule has 20 heavy (non-hydrogen) atoms. The van der Waals surface area contributed by atoms with E-state index in [1.54, 1.807) is 12.4 Å². The van der Waals surface area contributed by atoms with Crippen LogP contribution >= 0.6 is 0 Å². The first-order valence-corrected chi connectivity index (χ1v) is 6.47. The van der Waals surface area contributed by atoms with Crippen LogP contribution in [-0.2, 0) is 0 Å². The number of hydrogen-bond acceptors (Lipinski definition) is 4. The van der Waals surface area contributed by atoms with Gasteiger partial charge in [0.2, 0.25) is 0 Å². The second kappa shape index (κ2) is 5.57. The van der Waals surface area contributed by atoms with E-state index in [0.29, 0.717) is 12.4 Å². The molecule has 0 saturated heterocycles. The molecule has 4 heteroatoms. The average Bonchev–Trinajstić information content (AvgIpc) is 2.99. The predicted molar refractivity (Wildman–Crippen MR) is 76.3 cm³/mol. The molecule has 3 rings (SSSR count). The zero-order valence-electron chi connectivity index (χ0n) is 11.1. The minimum Gasteiger partial charge on any atom is -0.494 e. The van der Waals surface area contributed by atoms with Crippen molar-refractivity contribution in [2.45, 2.75) is 6.92 Å². The van der Waals surface area contributed by atoms with Crippen LogP contribution in [0.5, 0.6) is 5.75 Å². The van der Waals surface area contributed by atoms with Crippen molar-refractivity contribution < 1.29 is 9.26 Å². The monoisotopic (exact) mass is 266 g/mol. The van der Waals surface area contributed by atoms with Crippen LogP contribution < -0.4 is 4.74 Å². The minimum atomic E-state index is 0.661. The van der Waals surface area contributed by atoms with Crippen molar-refractivity contribution in [2.75, 3.05) is 6.61 Å². The molecular formula is C16H14N2O2. The first kappa shape index (κ1) is 12.4. The molecule has 0 spiro atoms. The molecule has 2 heterocycles. The van der Waals surface area contributed by atoms with Gasteiger partial charge in [-0.1, -0.05) is 5.16 Å². The van der Waals surface area contributed by atoms with E-state index in [2.05, 4.69) is 10.1 Å². The van der Waals surface area contributed by atoms with Crippen LogP contribution in [0.4, 0.5) is 0 Å². The first-order valence-electron chi connectivity index (χ1n) is 6.47. The van der Waals surface area contributed by atoms with Crippen molar-refractivity contribution in [3.63, 3.8) is 0 Å². The van der Waals surface area contributed by atoms with Gasteiger partial charge in [0.15, 0.2) is 5.76 Å². The van der Waals surface area contributed by atoms with Gasteiger partial charge in [0, 0.05) is 29.6 Å². The Morgan fingerprint density at radius 3 is 2.65 bits per heavy atom. The van der Waals surface area contributed by atoms with E-state index in [1.807, 2.05) is 49.4 Å². The highest BCUT2D eigenvalue weighted by atomic mass is 16.5. The maximum Gasteiger partial charge on any atom is 0.169 e. The molecule has 2 aromatic heterocycles. The lowest BCUT2D eigenvalue weighted by molar-refractivity contribution is 0.340. The number of ether oxygens (including phenoxy) is 1. The maximum absolute atomic E-state index is 5.42. The van der Waals surface area contributed by atoms with Crippen molar-refractivity contribution in [3.05, 3.63) is 54.9 Å². The lowest BCUT2D eigenvalue weighted by Crippen LogP contribution is -1.90. The molecule has 0 unspecified atom stereocenters. The Labute approximate surface area is 117 Å². The zero-order chi connectivity index (χ0) is 13.8. The lowest BCUT2D eigenvalue weighted by atomic mass is 10.1. The summed E-state index contributed by atoms with van der Waals surface area (Å²) in [4.78, 5) is 4.07. The summed E-state index contributed by atoms with van der Waals surface area (Å²) < 4.78 is 10.8. The summed E-state index contributed by atoms with van der Waals surface area (Å²) in [6.07, 6.45) is 3.48. The van der Waals surface area contributed by atoms with Gasteiger partial charge in [0.05, 0.1) is 6.61 Å². The highest BCUT2D eigenvalue weighted by Gasteiger charge is 2.08. The summed E-state index contributed by atoms with van der Waals surface area (Å²) in [6, 6.07) is 13.5. The van der Waals surface area contributed by atoms with Gasteiger partial charge < -0.3 is 9.26 Å². The highest BCUT2D eigenvalue weighted by Crippen LogP contribution is 2.26. The van der Waals surface area contributed by atoms with Crippen LogP contribution in [0.1, 0.15) is 6.92 Å². The number of nitrogens with zero attached hydrogens (tertiary/aromatic N) is 2. The fourth-order valence-corrected chi connectivity index (χ4v) is 1.94. The van der Waals surface area contributed by atoms with Crippen LogP contribution in [0, 0.1) is 0 Å². The fraction of sp³-hybridized carbons (Fsp3) is 0.125. The topological polar surface area (TPSA) is 48.2 Å². The van der Waals surface area contributed by atoms with Crippen molar-refractivity contribution in [1.82, 2.24) is 10.1 Å². The number of aromatic nitrogens is 2. The number of hydrogen-bond donors (Lipinski definition) is 0. The molecule has 100 valence electrons. The Morgan fingerprint density at radius 1 is 1.10 bits per heavy atom. The highest BCUT2D eigenvalue weighted by molar-refractivity contribution is 5.66. The third-order valence-corrected chi connectivity index (χ3v) is 2.92. The third kappa shape index (κ3) is 2.54. The molecule has 0 atom stereocenters. The van der Waals surface area contributed by atoms with Crippen molar-refractivity contribution >= 4 is 0 Å². The number of pyridine rings is 1. The second-order valence-electron chi connectivity index (χ2n) is 4.28. The molecule has 0 fully saturated rings. The van der Waals surface area contributed by atoms with Crippen LogP contribution in [0.25, 0.3) is 22.6 Å². The number of rotatable bonds is 4. The molecule has 4 nitrogen and oxygen atoms in total. The van der Waals surface area contributed by atoms with E-state index >= 15 is 0 Å². The van der Waals surface area contributed by atoms with Crippen LogP contribution in [0.3, 0.4) is 0 Å². The van der Waals surface area contributed by atoms with Gasteiger partial charge in [-0.05, 0) is 43.3 Å². The van der Waals surface area contributed by atoms with Gasteiger partial charge in [-0.2, -0.15) is 0 Å². The van der Waals surface area contributed by atoms with E-state index in [4.69, 9.17) is 9.26 Å². The Bertz CT molecular complexity index is 675. The van der Waals surface area contributed by atoms with Gasteiger partial charge in [-0.15, -0.1) is 0 Å². The van der Waals surface area contributed by atoms with Crippen LogP contribution in [-0.4, -0.2) is 16.7 Å². The largest absolute Gasteiger partial charge is 0.494 e. The Hall–Kier alpha value is -2.62. The summed E-state index contributed by atoms with van der Waals surface area (Å²) in [5.41, 5.74) is 2.71. The SMILES string of the molecule is CCOc1ccc(-c2cc(-c3cccnc3)on2)cc1. The van der Waals surface area contributed by atoms with E-state index in [1.165, 1.54) is 0 Å². The minimum absolute atomic E-state index is 0.661. The second-order valence-corrected chi connectivity index (χ2v) is 4.28. The lowest BCUT2D eigenvalue weighted by Gasteiger charge is -2.02. The maximum atomic E-state index is 5.42. The quantitative estimate of drug-likeness (QED) is 0.720. The first-order chi connectivity index (χ1) is 9.86. The van der Waals surface area contributed by atoms with Gasteiger partial charge >= 0.3 is 0 Å². The van der Waals surface area contributed by atoms with Crippen LogP contribution in [0.15, 0.2) is 59.4 Å². The van der Waals surface area contributed by atoms with Crippen molar-refractivity contribution in [3.8, 4) is 28.3 Å². The third-order valence-electron chi connectivity index (χ3n) is 2.92. The summed E-state index contributed by atoms with van der Waals surface area (Å²) >= 11 is 0. The van der Waals surface area contributed by atoms with Gasteiger partial charge in [0.1, 0.15) is 11.4 Å². The molecule has 0 saturated carbocycles. The summed E-state index contributed by atoms with van der Waals surface area (Å²) in [5.74, 6) is 1.56. The smallest absolute Gasteiger partial charge is 0.169 e. The standard InChI is InChI=1S/C16H14N2O2/c1-2-19-14-7-5-12(6-8-14)15-10-16(20-18-15)13-4-3-9-17-11-13/h3-11H,2H2,1H3. The Kier molecular flexibility index (Phi) is 3.46. The van der Waals surface area contributed by atoms with E-state index < -0.39 is 0 Å². The molecule has 0 aliphatic heterocycles. The molecule has 0 amide bonds. The molecule has 0 aliphatic carbocycles. The molecule has 0 N–H and O–H groups in total. The summed E-state index contributed by atoms with van der Waals surface area (Å²) in [6.45, 7) is 2.63. The fourth-order valence-electron chi connectivity index (χ4n) is 1.94. The van der Waals surface area contributed by atoms with E-state index in [9.17, 15) is 0 Å². The van der Waals surface area contributed by atoms with E-state index in [0.717, 1.165) is 22.6 Å². The Balaban J connectivity index is 1.86. The summed E-state index contributed by atoms with van der Waals surface area (Å²) in [5, 5.41) is 4.09. The summed E-state index contributed by atoms with van der Waals surface area (Å²) in [7, 11) is 0. The molecule has 0 bridgehead atoms. The average molecular weight is 266 g/mol. The Morgan fingerprint density at radius 2 is 1.95 bits per heavy atom. The van der Waals surface area contributed by atoms with E-state index in [-0.39, 0.29) is 0 Å².